The van der Waals surface area contributed by atoms with Crippen LogP contribution in [-0.4, -0.2) is 26.4 Å². The number of aromatic nitrogens is 3. The molecule has 0 unspecified atom stereocenters. The molecular formula is C20H19Cl3N4O2S. The van der Waals surface area contributed by atoms with Crippen molar-refractivity contribution in [3.05, 3.63) is 63.4 Å². The number of carbonyl (C=O) groups excluding carboxylic acids is 1. The lowest BCUT2D eigenvalue weighted by molar-refractivity contribution is -0.113. The number of nitrogens with zero attached hydrogens (tertiary/aromatic N) is 3. The molecule has 0 aliphatic heterocycles. The third-order valence-electron chi connectivity index (χ3n) is 4.10. The summed E-state index contributed by atoms with van der Waals surface area (Å²) >= 11 is 19.5. The Kier molecular flexibility index (Phi) is 7.88. The van der Waals surface area contributed by atoms with Gasteiger partial charge in [0.15, 0.2) is 17.1 Å². The minimum atomic E-state index is -0.370. The summed E-state index contributed by atoms with van der Waals surface area (Å²) in [7, 11) is 0. The predicted molar refractivity (Wildman–Crippen MR) is 122 cm³/mol. The van der Waals surface area contributed by atoms with Crippen LogP contribution >= 0.6 is 46.6 Å². The SMILES string of the molecule is CCn1c(SCC(=O)Nc2cc(Cl)ccc2Cl)nnc1[C@H](C)Oc1ccccc1Cl. The van der Waals surface area contributed by atoms with Crippen LogP contribution in [0.5, 0.6) is 5.75 Å². The third kappa shape index (κ3) is 5.60. The first-order chi connectivity index (χ1) is 14.4. The first kappa shape index (κ1) is 22.7. The van der Waals surface area contributed by atoms with Crippen molar-refractivity contribution >= 4 is 58.2 Å². The standard InChI is InChI=1S/C20H19Cl3N4O2S/c1-3-27-19(12(2)29-17-7-5-4-6-15(17)23)25-26-20(27)30-11-18(28)24-16-10-13(21)8-9-14(16)22/h4-10,12H,3,11H2,1-2H3,(H,24,28)/t12-/m0/s1. The average molecular weight is 486 g/mol. The Labute approximate surface area is 193 Å². The van der Waals surface area contributed by atoms with Gasteiger partial charge in [-0.05, 0) is 44.2 Å². The highest BCUT2D eigenvalue weighted by Gasteiger charge is 2.20. The number of rotatable bonds is 8. The minimum absolute atomic E-state index is 0.140. The lowest BCUT2D eigenvalue weighted by Gasteiger charge is -2.16. The second kappa shape index (κ2) is 10.4. The molecule has 10 heteroatoms. The molecule has 1 heterocycles. The molecule has 2 aromatic carbocycles. The first-order valence-electron chi connectivity index (χ1n) is 9.11. The molecule has 1 atom stereocenters. The monoisotopic (exact) mass is 484 g/mol. The van der Waals surface area contributed by atoms with Gasteiger partial charge in [-0.3, -0.25) is 4.79 Å². The fraction of sp³-hybridized carbons (Fsp3) is 0.250. The van der Waals surface area contributed by atoms with Crippen LogP contribution in [0.25, 0.3) is 0 Å². The van der Waals surface area contributed by atoms with E-state index in [0.717, 1.165) is 0 Å². The maximum atomic E-state index is 12.3. The van der Waals surface area contributed by atoms with Crippen LogP contribution in [0.2, 0.25) is 15.1 Å². The van der Waals surface area contributed by atoms with Crippen LogP contribution in [0.1, 0.15) is 25.8 Å². The Balaban J connectivity index is 1.66. The normalized spacial score (nSPS) is 11.9. The number of thioether (sulfide) groups is 1. The van der Waals surface area contributed by atoms with E-state index in [4.69, 9.17) is 39.5 Å². The van der Waals surface area contributed by atoms with E-state index >= 15 is 0 Å². The van der Waals surface area contributed by atoms with Crippen molar-refractivity contribution in [2.75, 3.05) is 11.1 Å². The zero-order chi connectivity index (χ0) is 21.7. The second-order valence-corrected chi connectivity index (χ2v) is 8.43. The molecule has 0 radical (unpaired) electrons. The van der Waals surface area contributed by atoms with Gasteiger partial charge in [-0.15, -0.1) is 10.2 Å². The van der Waals surface area contributed by atoms with E-state index in [0.29, 0.717) is 44.0 Å². The van der Waals surface area contributed by atoms with E-state index < -0.39 is 0 Å². The Hall–Kier alpha value is -1.93. The molecule has 1 aromatic heterocycles. The number of anilines is 1. The van der Waals surface area contributed by atoms with E-state index in [1.165, 1.54) is 11.8 Å². The summed E-state index contributed by atoms with van der Waals surface area (Å²) in [4.78, 5) is 12.3. The van der Waals surface area contributed by atoms with Crippen molar-refractivity contribution in [3.8, 4) is 5.75 Å². The lowest BCUT2D eigenvalue weighted by Crippen LogP contribution is -2.15. The zero-order valence-electron chi connectivity index (χ0n) is 16.2. The molecule has 1 amide bonds. The Morgan fingerprint density at radius 2 is 1.93 bits per heavy atom. The lowest BCUT2D eigenvalue weighted by atomic mass is 10.3. The summed E-state index contributed by atoms with van der Waals surface area (Å²) < 4.78 is 7.85. The van der Waals surface area contributed by atoms with Crippen LogP contribution in [0.15, 0.2) is 47.6 Å². The molecule has 0 saturated heterocycles. The fourth-order valence-electron chi connectivity index (χ4n) is 2.70. The van der Waals surface area contributed by atoms with Gasteiger partial charge < -0.3 is 14.6 Å². The number of benzene rings is 2. The van der Waals surface area contributed by atoms with Gasteiger partial charge in [0.05, 0.1) is 21.5 Å². The maximum absolute atomic E-state index is 12.3. The number of carbonyl (C=O) groups is 1. The van der Waals surface area contributed by atoms with Crippen LogP contribution in [0.4, 0.5) is 5.69 Å². The van der Waals surface area contributed by atoms with Crippen LogP contribution < -0.4 is 10.1 Å². The summed E-state index contributed by atoms with van der Waals surface area (Å²) in [5, 5.41) is 13.3. The highest BCUT2D eigenvalue weighted by atomic mass is 35.5. The topological polar surface area (TPSA) is 69.0 Å². The van der Waals surface area contributed by atoms with Gasteiger partial charge in [0, 0.05) is 11.6 Å². The van der Waals surface area contributed by atoms with E-state index in [1.807, 2.05) is 30.5 Å². The van der Waals surface area contributed by atoms with Crippen molar-refractivity contribution < 1.29 is 9.53 Å². The van der Waals surface area contributed by atoms with Crippen molar-refractivity contribution in [2.45, 2.75) is 31.7 Å². The molecule has 30 heavy (non-hydrogen) atoms. The number of nitrogens with one attached hydrogen (secondary N) is 1. The molecule has 3 rings (SSSR count). The van der Waals surface area contributed by atoms with Crippen molar-refractivity contribution in [2.24, 2.45) is 0 Å². The molecule has 0 saturated carbocycles. The minimum Gasteiger partial charge on any atom is -0.481 e. The van der Waals surface area contributed by atoms with Crippen LogP contribution in [-0.2, 0) is 11.3 Å². The second-order valence-electron chi connectivity index (χ2n) is 6.24. The molecule has 0 aliphatic carbocycles. The molecule has 0 aliphatic rings. The number of hydrogen-bond donors (Lipinski definition) is 1. The summed E-state index contributed by atoms with van der Waals surface area (Å²) in [6.45, 7) is 4.48. The van der Waals surface area contributed by atoms with Crippen LogP contribution in [0, 0.1) is 0 Å². The predicted octanol–water partition coefficient (Wildman–Crippen LogP) is 6.13. The highest BCUT2D eigenvalue weighted by Crippen LogP contribution is 2.30. The van der Waals surface area contributed by atoms with Crippen molar-refractivity contribution in [1.29, 1.82) is 0 Å². The van der Waals surface area contributed by atoms with E-state index in [1.54, 1.807) is 30.3 Å². The van der Waals surface area contributed by atoms with E-state index in [-0.39, 0.29) is 17.8 Å². The summed E-state index contributed by atoms with van der Waals surface area (Å²) in [6, 6.07) is 12.1. The molecule has 6 nitrogen and oxygen atoms in total. The molecule has 1 N–H and O–H groups in total. The summed E-state index contributed by atoms with van der Waals surface area (Å²) in [5.41, 5.74) is 0.467. The number of ether oxygens (including phenoxy) is 1. The molecule has 0 spiro atoms. The van der Waals surface area contributed by atoms with Crippen molar-refractivity contribution in [3.63, 3.8) is 0 Å². The largest absolute Gasteiger partial charge is 0.481 e. The van der Waals surface area contributed by atoms with E-state index in [2.05, 4.69) is 15.5 Å². The van der Waals surface area contributed by atoms with E-state index in [9.17, 15) is 4.79 Å². The van der Waals surface area contributed by atoms with Gasteiger partial charge in [-0.2, -0.15) is 0 Å². The first-order valence-corrected chi connectivity index (χ1v) is 11.2. The third-order valence-corrected chi connectivity index (χ3v) is 5.94. The Morgan fingerprint density at radius 1 is 1.17 bits per heavy atom. The smallest absolute Gasteiger partial charge is 0.234 e. The quantitative estimate of drug-likeness (QED) is 0.389. The summed E-state index contributed by atoms with van der Waals surface area (Å²) in [5.74, 6) is 1.14. The van der Waals surface area contributed by atoms with Crippen molar-refractivity contribution in [1.82, 2.24) is 14.8 Å². The molecule has 3 aromatic rings. The number of amides is 1. The summed E-state index contributed by atoms with van der Waals surface area (Å²) in [6.07, 6.45) is -0.370. The molecule has 0 bridgehead atoms. The average Bonchev–Trinajstić information content (AvgIpc) is 3.14. The van der Waals surface area contributed by atoms with Crippen LogP contribution in [0.3, 0.4) is 0 Å². The maximum Gasteiger partial charge on any atom is 0.234 e. The Bertz CT molecular complexity index is 1040. The number of hydrogen-bond acceptors (Lipinski definition) is 5. The highest BCUT2D eigenvalue weighted by molar-refractivity contribution is 7.99. The number of para-hydroxylation sites is 1. The van der Waals surface area contributed by atoms with Gasteiger partial charge in [-0.25, -0.2) is 0 Å². The number of halogens is 3. The van der Waals surface area contributed by atoms with Gasteiger partial charge in [0.25, 0.3) is 0 Å². The van der Waals surface area contributed by atoms with Gasteiger partial charge >= 0.3 is 0 Å². The molecular weight excluding hydrogens is 467 g/mol. The van der Waals surface area contributed by atoms with Gasteiger partial charge in [0.1, 0.15) is 5.75 Å². The fourth-order valence-corrected chi connectivity index (χ4v) is 4.02. The van der Waals surface area contributed by atoms with Gasteiger partial charge in [-0.1, -0.05) is 58.7 Å². The molecule has 158 valence electrons. The zero-order valence-corrected chi connectivity index (χ0v) is 19.3. The Morgan fingerprint density at radius 3 is 2.67 bits per heavy atom. The van der Waals surface area contributed by atoms with Gasteiger partial charge in [0.2, 0.25) is 5.91 Å². The molecule has 0 fully saturated rings.